The Labute approximate surface area is 228 Å². The minimum Gasteiger partial charge on any atom is -0.432 e. The number of rotatable bonds is 7. The van der Waals surface area contributed by atoms with Gasteiger partial charge in [-0.05, 0) is 68.4 Å². The molecule has 0 saturated heterocycles. The first-order valence-electron chi connectivity index (χ1n) is 13.0. The van der Waals surface area contributed by atoms with Crippen LogP contribution < -0.4 is 14.2 Å². The summed E-state index contributed by atoms with van der Waals surface area (Å²) in [6.45, 7) is 2.21. The van der Waals surface area contributed by atoms with Crippen LogP contribution in [0.15, 0.2) is 30.3 Å². The number of hydrogen-bond donors (Lipinski definition) is 0. The average Bonchev–Trinajstić information content (AvgIpc) is 2.85. The predicted octanol–water partition coefficient (Wildman–Crippen LogP) is 9.32. The van der Waals surface area contributed by atoms with Gasteiger partial charge in [0.1, 0.15) is 28.7 Å². The second kappa shape index (κ2) is 11.8. The third-order valence-electron chi connectivity index (χ3n) is 7.79. The van der Waals surface area contributed by atoms with E-state index in [9.17, 15) is 39.9 Å². The fourth-order valence-electron chi connectivity index (χ4n) is 5.64. The second-order valence-corrected chi connectivity index (χ2v) is 10.6. The monoisotopic (exact) mass is 584 g/mol. The Morgan fingerprint density at radius 3 is 1.80 bits per heavy atom. The maximum atomic E-state index is 14.9. The number of alkyl halides is 5. The lowest BCUT2D eigenvalue weighted by atomic mass is 9.69. The van der Waals surface area contributed by atoms with Gasteiger partial charge in [-0.15, -0.1) is 13.2 Å². The highest BCUT2D eigenvalue weighted by Crippen LogP contribution is 2.45. The van der Waals surface area contributed by atoms with Crippen LogP contribution in [0.25, 0.3) is 0 Å². The van der Waals surface area contributed by atoms with E-state index in [-0.39, 0.29) is 15.7 Å². The molecule has 0 N–H and O–H groups in total. The topological polar surface area (TPSA) is 44.8 Å². The second-order valence-electron chi connectivity index (χ2n) is 10.6. The van der Waals surface area contributed by atoms with Crippen molar-refractivity contribution in [2.24, 2.45) is 23.7 Å². The molecule has 0 unspecified atom stereocenters. The van der Waals surface area contributed by atoms with Crippen molar-refractivity contribution >= 4 is 5.97 Å². The first kappa shape index (κ1) is 29.9. The number of ether oxygens (including phenoxy) is 3. The summed E-state index contributed by atoms with van der Waals surface area (Å²) in [4.78, 5) is 12.3. The molecule has 2 fully saturated rings. The fraction of sp³-hybridized carbons (Fsp3) is 0.536. The molecule has 40 heavy (non-hydrogen) atoms. The minimum absolute atomic E-state index is 0. The van der Waals surface area contributed by atoms with Gasteiger partial charge in [0.25, 0.3) is 0 Å². The smallest absolute Gasteiger partial charge is 0.432 e. The molecule has 0 radical (unpaired) electrons. The van der Waals surface area contributed by atoms with E-state index in [1.807, 2.05) is 0 Å². The maximum Gasteiger partial charge on any atom is 0.573 e. The van der Waals surface area contributed by atoms with Crippen LogP contribution >= 0.6 is 0 Å². The van der Waals surface area contributed by atoms with Gasteiger partial charge in [-0.3, -0.25) is 0 Å². The molecule has 2 saturated carbocycles. The molecule has 0 spiro atoms. The lowest BCUT2D eigenvalue weighted by Crippen LogP contribution is -2.38. The molecule has 0 atom stereocenters. The van der Waals surface area contributed by atoms with Crippen molar-refractivity contribution in [2.45, 2.75) is 70.8 Å². The van der Waals surface area contributed by atoms with E-state index in [1.165, 1.54) is 0 Å². The summed E-state index contributed by atoms with van der Waals surface area (Å²) in [7, 11) is 0. The van der Waals surface area contributed by atoms with Gasteiger partial charge in [-0.2, -0.15) is 8.78 Å². The molecule has 0 bridgehead atoms. The molecule has 2 aliphatic rings. The van der Waals surface area contributed by atoms with Crippen molar-refractivity contribution < 1.29 is 57.0 Å². The van der Waals surface area contributed by atoms with Gasteiger partial charge in [-0.25, -0.2) is 18.0 Å². The van der Waals surface area contributed by atoms with Crippen molar-refractivity contribution in [1.29, 1.82) is 0 Å². The van der Waals surface area contributed by atoms with Crippen molar-refractivity contribution in [3.63, 3.8) is 0 Å². The van der Waals surface area contributed by atoms with Gasteiger partial charge in [-0.1, -0.05) is 19.8 Å². The van der Waals surface area contributed by atoms with Crippen LogP contribution in [-0.4, -0.2) is 18.4 Å². The molecular weight excluding hydrogens is 552 g/mol. The van der Waals surface area contributed by atoms with E-state index in [4.69, 9.17) is 4.74 Å². The van der Waals surface area contributed by atoms with Crippen LogP contribution in [0.3, 0.4) is 0 Å². The molecule has 0 aliphatic heterocycles. The van der Waals surface area contributed by atoms with Crippen molar-refractivity contribution in [3.05, 3.63) is 53.3 Å². The lowest BCUT2D eigenvalue weighted by molar-refractivity contribution is -0.275. The number of carbonyl (C=O) groups excluding carboxylic acids is 1. The van der Waals surface area contributed by atoms with Crippen LogP contribution in [0.1, 0.15) is 71.5 Å². The first-order chi connectivity index (χ1) is 18.7. The largest absolute Gasteiger partial charge is 0.573 e. The molecule has 12 heteroatoms. The zero-order valence-electron chi connectivity index (χ0n) is 21.5. The number of benzene rings is 2. The van der Waals surface area contributed by atoms with E-state index in [2.05, 4.69) is 16.4 Å². The SMILES string of the molecule is CC1CCC(C2CCC(C(F)(F)Oc3cc(F)c(C(=O)Oc4ccc(OC(F)(F)F)c(F)c4)c(F)c3)CC2)CC1.[HH].[HH]. The molecule has 4 nitrogen and oxygen atoms in total. The Balaban J connectivity index is 0.00000308. The van der Waals surface area contributed by atoms with E-state index in [0.29, 0.717) is 60.9 Å². The van der Waals surface area contributed by atoms with Crippen LogP contribution in [0, 0.1) is 41.1 Å². The summed E-state index contributed by atoms with van der Waals surface area (Å²) in [5.74, 6) is -8.66. The third kappa shape index (κ3) is 7.37. The summed E-state index contributed by atoms with van der Waals surface area (Å²) in [5, 5.41) is 0. The molecule has 2 aliphatic carbocycles. The number of carbonyl (C=O) groups is 1. The Hall–Kier alpha value is -3.05. The fourth-order valence-corrected chi connectivity index (χ4v) is 5.64. The molecular formula is C28H32F8O4. The Bertz CT molecular complexity index is 1190. The van der Waals surface area contributed by atoms with E-state index in [0.717, 1.165) is 25.7 Å². The van der Waals surface area contributed by atoms with Crippen LogP contribution in [0.2, 0.25) is 0 Å². The van der Waals surface area contributed by atoms with Gasteiger partial charge in [0.05, 0.1) is 5.92 Å². The Morgan fingerprint density at radius 2 is 1.27 bits per heavy atom. The molecule has 2 aromatic carbocycles. The average molecular weight is 585 g/mol. The molecule has 0 heterocycles. The van der Waals surface area contributed by atoms with Crippen LogP contribution in [-0.2, 0) is 0 Å². The normalized spacial score (nSPS) is 23.9. The minimum atomic E-state index is -5.18. The Morgan fingerprint density at radius 1 is 0.750 bits per heavy atom. The number of esters is 1. The van der Waals surface area contributed by atoms with Gasteiger partial charge >= 0.3 is 18.4 Å². The van der Waals surface area contributed by atoms with Gasteiger partial charge < -0.3 is 14.2 Å². The zero-order valence-corrected chi connectivity index (χ0v) is 21.5. The van der Waals surface area contributed by atoms with Gasteiger partial charge in [0, 0.05) is 21.1 Å². The van der Waals surface area contributed by atoms with Gasteiger partial charge in [0.2, 0.25) is 0 Å². The highest BCUT2D eigenvalue weighted by Gasteiger charge is 2.45. The maximum absolute atomic E-state index is 14.9. The van der Waals surface area contributed by atoms with Crippen molar-refractivity contribution in [3.8, 4) is 17.2 Å². The molecule has 4 rings (SSSR count). The predicted molar refractivity (Wildman–Crippen MR) is 131 cm³/mol. The van der Waals surface area contributed by atoms with Crippen LogP contribution in [0.4, 0.5) is 35.1 Å². The molecule has 0 amide bonds. The summed E-state index contributed by atoms with van der Waals surface area (Å²) in [5.41, 5.74) is -1.28. The van der Waals surface area contributed by atoms with E-state index in [1.54, 1.807) is 0 Å². The van der Waals surface area contributed by atoms with Gasteiger partial charge in [0.15, 0.2) is 11.6 Å². The van der Waals surface area contributed by atoms with E-state index < -0.39 is 64.6 Å². The molecule has 2 aromatic rings. The lowest BCUT2D eigenvalue weighted by Gasteiger charge is -2.38. The standard InChI is InChI=1S/C28H28F8O4.2H2/c1-15-2-4-16(5-3-15)17-6-8-18(9-7-17)27(32,33)39-20-13-22(30)25(23(31)14-20)26(37)38-19-10-11-24(21(29)12-19)40-28(34,35)36;;/h10-18H,2-9H2,1H3;2*1H. The zero-order chi connectivity index (χ0) is 29.2. The summed E-state index contributed by atoms with van der Waals surface area (Å²) in [6.07, 6.45) is -2.73. The molecule has 0 aromatic heterocycles. The van der Waals surface area contributed by atoms with Crippen LogP contribution in [0.5, 0.6) is 17.2 Å². The van der Waals surface area contributed by atoms with Crippen molar-refractivity contribution in [2.75, 3.05) is 0 Å². The number of hydrogen-bond acceptors (Lipinski definition) is 4. The third-order valence-corrected chi connectivity index (χ3v) is 7.79. The van der Waals surface area contributed by atoms with E-state index >= 15 is 0 Å². The van der Waals surface area contributed by atoms with Crippen molar-refractivity contribution in [1.82, 2.24) is 0 Å². The molecule has 224 valence electrons. The summed E-state index contributed by atoms with van der Waals surface area (Å²) in [6, 6.07) is 2.36. The summed E-state index contributed by atoms with van der Waals surface area (Å²) >= 11 is 0. The highest BCUT2D eigenvalue weighted by molar-refractivity contribution is 5.91. The first-order valence-corrected chi connectivity index (χ1v) is 13.0. The summed E-state index contributed by atoms with van der Waals surface area (Å²) < 4.78 is 122. The quantitative estimate of drug-likeness (QED) is 0.185. The number of halogens is 8. The highest BCUT2D eigenvalue weighted by atomic mass is 19.4. The Kier molecular flexibility index (Phi) is 8.84.